The quantitative estimate of drug-likeness (QED) is 0.871. The number of rotatable bonds is 2. The maximum atomic E-state index is 13.1. The van der Waals surface area contributed by atoms with E-state index >= 15 is 0 Å². The Hall–Kier alpha value is -0.740. The topological polar surface area (TPSA) is 26.0 Å². The van der Waals surface area contributed by atoms with Crippen molar-refractivity contribution in [1.82, 2.24) is 0 Å². The van der Waals surface area contributed by atoms with Gasteiger partial charge in [-0.2, -0.15) is 13.2 Å². The Labute approximate surface area is 108 Å². The van der Waals surface area contributed by atoms with Crippen LogP contribution in [0.3, 0.4) is 0 Å². The van der Waals surface area contributed by atoms with Gasteiger partial charge in [0.1, 0.15) is 0 Å². The highest BCUT2D eigenvalue weighted by Gasteiger charge is 2.66. The number of halogens is 4. The molecule has 0 heterocycles. The molecule has 1 nitrogen and oxygen atoms in total. The Bertz CT molecular complexity index is 501. The van der Waals surface area contributed by atoms with Crippen molar-refractivity contribution >= 4 is 11.6 Å². The molecule has 18 heavy (non-hydrogen) atoms. The van der Waals surface area contributed by atoms with Crippen LogP contribution in [0.25, 0.3) is 0 Å². The number of hydrogen-bond donors (Lipinski definition) is 1. The van der Waals surface area contributed by atoms with Gasteiger partial charge in [-0.1, -0.05) is 17.7 Å². The summed E-state index contributed by atoms with van der Waals surface area (Å²) in [6.45, 7) is 0. The van der Waals surface area contributed by atoms with Crippen LogP contribution >= 0.6 is 11.6 Å². The predicted molar refractivity (Wildman–Crippen MR) is 63.5 cm³/mol. The van der Waals surface area contributed by atoms with Gasteiger partial charge >= 0.3 is 6.18 Å². The molecule has 2 aliphatic carbocycles. The molecule has 3 rings (SSSR count). The van der Waals surface area contributed by atoms with E-state index in [0.29, 0.717) is 12.8 Å². The van der Waals surface area contributed by atoms with E-state index in [1.807, 2.05) is 0 Å². The zero-order valence-electron chi connectivity index (χ0n) is 9.65. The number of hydrogen-bond acceptors (Lipinski definition) is 1. The smallest absolute Gasteiger partial charge is 0.324 e. The molecule has 0 amide bonds. The largest absolute Gasteiger partial charge is 0.416 e. The molecule has 0 unspecified atom stereocenters. The van der Waals surface area contributed by atoms with Crippen molar-refractivity contribution in [3.63, 3.8) is 0 Å². The molecular formula is C13H13ClF3N. The predicted octanol–water partition coefficient (Wildman–Crippen LogP) is 3.88. The summed E-state index contributed by atoms with van der Waals surface area (Å²) in [6, 6.07) is 3.98. The molecule has 98 valence electrons. The molecule has 0 bridgehead atoms. The van der Waals surface area contributed by atoms with Crippen LogP contribution in [0.2, 0.25) is 5.02 Å². The van der Waals surface area contributed by atoms with E-state index in [1.165, 1.54) is 12.1 Å². The molecule has 0 radical (unpaired) electrons. The van der Waals surface area contributed by atoms with Crippen LogP contribution in [-0.4, -0.2) is 5.54 Å². The van der Waals surface area contributed by atoms with Crippen LogP contribution in [0.5, 0.6) is 0 Å². The van der Waals surface area contributed by atoms with Crippen LogP contribution in [0, 0.1) is 0 Å². The zero-order valence-corrected chi connectivity index (χ0v) is 10.4. The molecular weight excluding hydrogens is 263 g/mol. The van der Waals surface area contributed by atoms with Gasteiger partial charge in [-0.05, 0) is 43.4 Å². The molecule has 1 aromatic rings. The molecule has 2 saturated carbocycles. The van der Waals surface area contributed by atoms with Gasteiger partial charge in [-0.15, -0.1) is 0 Å². The van der Waals surface area contributed by atoms with Crippen molar-refractivity contribution in [3.05, 3.63) is 34.3 Å². The summed E-state index contributed by atoms with van der Waals surface area (Å²) in [5.74, 6) is 0. The third kappa shape index (κ3) is 1.58. The third-order valence-corrected chi connectivity index (χ3v) is 4.60. The van der Waals surface area contributed by atoms with Gasteiger partial charge in [0.15, 0.2) is 0 Å². The van der Waals surface area contributed by atoms with Crippen molar-refractivity contribution in [2.45, 2.75) is 42.8 Å². The standard InChI is InChI=1S/C13H13ClF3N/c14-9-3-1-2-8(13(15,16)17)10(9)11(4-5-11)12(18)6-7-12/h1-3H,4-7,18H2. The first-order valence-electron chi connectivity index (χ1n) is 5.95. The Balaban J connectivity index is 2.18. The fourth-order valence-corrected chi connectivity index (χ4v) is 3.34. The van der Waals surface area contributed by atoms with Crippen LogP contribution in [0.15, 0.2) is 18.2 Å². The molecule has 5 heteroatoms. The minimum atomic E-state index is -4.37. The summed E-state index contributed by atoms with van der Waals surface area (Å²) in [5, 5.41) is 0.194. The Kier molecular flexibility index (Phi) is 2.34. The van der Waals surface area contributed by atoms with E-state index in [2.05, 4.69) is 0 Å². The Morgan fingerprint density at radius 3 is 2.17 bits per heavy atom. The Morgan fingerprint density at radius 2 is 1.72 bits per heavy atom. The number of alkyl halides is 3. The molecule has 2 fully saturated rings. The molecule has 2 N–H and O–H groups in total. The van der Waals surface area contributed by atoms with Gasteiger partial charge in [-0.25, -0.2) is 0 Å². The Morgan fingerprint density at radius 1 is 1.11 bits per heavy atom. The van der Waals surface area contributed by atoms with Gasteiger partial charge in [0.2, 0.25) is 0 Å². The highest BCUT2D eigenvalue weighted by molar-refractivity contribution is 6.31. The third-order valence-electron chi connectivity index (χ3n) is 4.29. The molecule has 0 aliphatic heterocycles. The number of nitrogens with two attached hydrogens (primary N) is 1. The average Bonchev–Trinajstić information content (AvgIpc) is 3.12. The van der Waals surface area contributed by atoms with Crippen molar-refractivity contribution in [1.29, 1.82) is 0 Å². The summed E-state index contributed by atoms with van der Waals surface area (Å²) in [6.07, 6.45) is -1.39. The summed E-state index contributed by atoms with van der Waals surface area (Å²) >= 11 is 6.04. The lowest BCUT2D eigenvalue weighted by atomic mass is 9.83. The maximum absolute atomic E-state index is 13.1. The van der Waals surface area contributed by atoms with E-state index < -0.39 is 22.7 Å². The SMILES string of the molecule is NC1(C2(c3c(Cl)cccc3C(F)(F)F)CC2)CC1. The van der Waals surface area contributed by atoms with Crippen molar-refractivity contribution in [3.8, 4) is 0 Å². The minimum Gasteiger partial charge on any atom is -0.324 e. The second-order valence-electron chi connectivity index (χ2n) is 5.40. The summed E-state index contributed by atoms with van der Waals surface area (Å²) in [4.78, 5) is 0. The average molecular weight is 276 g/mol. The normalized spacial score (nSPS) is 23.8. The lowest BCUT2D eigenvalue weighted by Crippen LogP contribution is -2.38. The van der Waals surface area contributed by atoms with Gasteiger partial charge in [0.05, 0.1) is 5.56 Å². The van der Waals surface area contributed by atoms with Crippen molar-refractivity contribution in [2.24, 2.45) is 5.73 Å². The fraction of sp³-hybridized carbons (Fsp3) is 0.538. The van der Waals surface area contributed by atoms with E-state index in [4.69, 9.17) is 17.3 Å². The molecule has 0 spiro atoms. The van der Waals surface area contributed by atoms with Gasteiger partial charge < -0.3 is 5.73 Å². The van der Waals surface area contributed by atoms with Crippen molar-refractivity contribution < 1.29 is 13.2 Å². The van der Waals surface area contributed by atoms with Crippen LogP contribution in [0.4, 0.5) is 13.2 Å². The first kappa shape index (κ1) is 12.3. The second-order valence-corrected chi connectivity index (χ2v) is 5.81. The maximum Gasteiger partial charge on any atom is 0.416 e. The number of benzene rings is 1. The highest BCUT2D eigenvalue weighted by Crippen LogP contribution is 2.66. The van der Waals surface area contributed by atoms with E-state index in [-0.39, 0.29) is 10.6 Å². The molecule has 1 aromatic carbocycles. The lowest BCUT2D eigenvalue weighted by Gasteiger charge is -2.27. The molecule has 0 aromatic heterocycles. The highest BCUT2D eigenvalue weighted by atomic mass is 35.5. The summed E-state index contributed by atoms with van der Waals surface area (Å²) in [5.41, 5.74) is 4.75. The zero-order chi connectivity index (χ0) is 13.2. The van der Waals surface area contributed by atoms with Gasteiger partial charge in [-0.3, -0.25) is 0 Å². The molecule has 2 aliphatic rings. The second kappa shape index (κ2) is 3.42. The minimum absolute atomic E-state index is 0.194. The van der Waals surface area contributed by atoms with E-state index in [0.717, 1.165) is 18.9 Å². The lowest BCUT2D eigenvalue weighted by molar-refractivity contribution is -0.138. The summed E-state index contributed by atoms with van der Waals surface area (Å²) in [7, 11) is 0. The van der Waals surface area contributed by atoms with E-state index in [1.54, 1.807) is 0 Å². The monoisotopic (exact) mass is 275 g/mol. The van der Waals surface area contributed by atoms with Crippen LogP contribution < -0.4 is 5.73 Å². The van der Waals surface area contributed by atoms with Crippen LogP contribution in [0.1, 0.15) is 36.8 Å². The molecule has 0 saturated heterocycles. The van der Waals surface area contributed by atoms with E-state index in [9.17, 15) is 13.2 Å². The van der Waals surface area contributed by atoms with Crippen molar-refractivity contribution in [2.75, 3.05) is 0 Å². The fourth-order valence-electron chi connectivity index (χ4n) is 2.98. The summed E-state index contributed by atoms with van der Waals surface area (Å²) < 4.78 is 39.3. The van der Waals surface area contributed by atoms with Crippen LogP contribution in [-0.2, 0) is 11.6 Å². The van der Waals surface area contributed by atoms with Gasteiger partial charge in [0, 0.05) is 16.0 Å². The first-order chi connectivity index (χ1) is 8.30. The van der Waals surface area contributed by atoms with Gasteiger partial charge in [0.25, 0.3) is 0 Å². The molecule has 0 atom stereocenters. The first-order valence-corrected chi connectivity index (χ1v) is 6.33.